The fourth-order valence-electron chi connectivity index (χ4n) is 2.02. The summed E-state index contributed by atoms with van der Waals surface area (Å²) in [6, 6.07) is 0. The molecular weight excluding hydrogens is 192 g/mol. The Balaban J connectivity index is 2.36. The number of rotatable bonds is 2. The van der Waals surface area contributed by atoms with Crippen LogP contribution in [0, 0.1) is 5.92 Å². The third-order valence-corrected chi connectivity index (χ3v) is 2.72. The van der Waals surface area contributed by atoms with Gasteiger partial charge >= 0.3 is 5.97 Å². The lowest BCUT2D eigenvalue weighted by atomic mass is 9.84. The van der Waals surface area contributed by atoms with Crippen LogP contribution in [0.4, 0.5) is 0 Å². The Morgan fingerprint density at radius 3 is 2.47 bits per heavy atom. The first-order chi connectivity index (χ1) is 6.88. The van der Waals surface area contributed by atoms with Crippen LogP contribution in [0.25, 0.3) is 0 Å². The Kier molecular flexibility index (Phi) is 4.14. The van der Waals surface area contributed by atoms with E-state index in [-0.39, 0.29) is 18.0 Å². The van der Waals surface area contributed by atoms with Crippen molar-refractivity contribution in [1.29, 1.82) is 0 Å². The maximum Gasteiger partial charge on any atom is 0.306 e. The molecule has 0 saturated heterocycles. The van der Waals surface area contributed by atoms with E-state index < -0.39 is 5.60 Å². The van der Waals surface area contributed by atoms with Crippen molar-refractivity contribution in [3.05, 3.63) is 0 Å². The predicted octanol–water partition coefficient (Wildman–Crippen LogP) is 2.27. The zero-order valence-electron chi connectivity index (χ0n) is 9.95. The van der Waals surface area contributed by atoms with E-state index in [2.05, 4.69) is 0 Å². The van der Waals surface area contributed by atoms with Gasteiger partial charge in [0.05, 0.1) is 12.5 Å². The first-order valence-electron chi connectivity index (χ1n) is 5.78. The standard InChI is InChI=1S/C12H22O3/c1-12(2,3)15-11(14)8-9-6-4-5-7-10(9)13/h9-10,13H,4-8H2,1-3H3. The molecule has 3 heteroatoms. The molecule has 0 spiro atoms. The van der Waals surface area contributed by atoms with Gasteiger partial charge in [0, 0.05) is 0 Å². The number of carbonyl (C=O) groups is 1. The summed E-state index contributed by atoms with van der Waals surface area (Å²) < 4.78 is 5.24. The van der Waals surface area contributed by atoms with E-state index in [1.165, 1.54) is 0 Å². The lowest BCUT2D eigenvalue weighted by molar-refractivity contribution is -0.157. The first-order valence-corrected chi connectivity index (χ1v) is 5.78. The summed E-state index contributed by atoms with van der Waals surface area (Å²) >= 11 is 0. The fraction of sp³-hybridized carbons (Fsp3) is 0.917. The van der Waals surface area contributed by atoms with Gasteiger partial charge in [-0.2, -0.15) is 0 Å². The van der Waals surface area contributed by atoms with Gasteiger partial charge in [0.25, 0.3) is 0 Å². The molecule has 0 radical (unpaired) electrons. The average Bonchev–Trinajstić information content (AvgIpc) is 2.05. The molecule has 1 rings (SSSR count). The van der Waals surface area contributed by atoms with Crippen LogP contribution in [0.1, 0.15) is 52.9 Å². The maximum atomic E-state index is 11.5. The number of hydrogen-bond acceptors (Lipinski definition) is 3. The molecule has 0 aliphatic heterocycles. The minimum atomic E-state index is -0.420. The third-order valence-electron chi connectivity index (χ3n) is 2.72. The molecule has 15 heavy (non-hydrogen) atoms. The summed E-state index contributed by atoms with van der Waals surface area (Å²) in [5, 5.41) is 9.71. The molecule has 2 atom stereocenters. The number of esters is 1. The van der Waals surface area contributed by atoms with Crippen LogP contribution < -0.4 is 0 Å². The predicted molar refractivity (Wildman–Crippen MR) is 58.4 cm³/mol. The highest BCUT2D eigenvalue weighted by atomic mass is 16.6. The van der Waals surface area contributed by atoms with Crippen LogP contribution in [-0.2, 0) is 9.53 Å². The molecule has 1 fully saturated rings. The SMILES string of the molecule is CC(C)(C)OC(=O)CC1CCCCC1O. The molecule has 1 saturated carbocycles. The van der Waals surface area contributed by atoms with Gasteiger partial charge in [-0.3, -0.25) is 4.79 Å². The molecule has 2 unspecified atom stereocenters. The molecule has 0 aromatic heterocycles. The number of aliphatic hydroxyl groups excluding tert-OH is 1. The highest BCUT2D eigenvalue weighted by molar-refractivity contribution is 5.70. The van der Waals surface area contributed by atoms with Crippen molar-refractivity contribution in [2.75, 3.05) is 0 Å². The molecule has 3 nitrogen and oxygen atoms in total. The highest BCUT2D eigenvalue weighted by Gasteiger charge is 2.27. The van der Waals surface area contributed by atoms with Crippen LogP contribution in [0.2, 0.25) is 0 Å². The van der Waals surface area contributed by atoms with E-state index in [9.17, 15) is 9.90 Å². The molecule has 0 bridgehead atoms. The van der Waals surface area contributed by atoms with Crippen molar-refractivity contribution in [1.82, 2.24) is 0 Å². The molecule has 0 aromatic carbocycles. The van der Waals surface area contributed by atoms with Gasteiger partial charge in [0.2, 0.25) is 0 Å². The van der Waals surface area contributed by atoms with Crippen LogP contribution in [0.15, 0.2) is 0 Å². The van der Waals surface area contributed by atoms with Crippen molar-refractivity contribution in [3.63, 3.8) is 0 Å². The Hall–Kier alpha value is -0.570. The Morgan fingerprint density at radius 2 is 1.93 bits per heavy atom. The lowest BCUT2D eigenvalue weighted by Crippen LogP contribution is -2.30. The molecule has 0 heterocycles. The Bertz CT molecular complexity index is 217. The van der Waals surface area contributed by atoms with Crippen LogP contribution >= 0.6 is 0 Å². The van der Waals surface area contributed by atoms with E-state index in [0.29, 0.717) is 6.42 Å². The minimum Gasteiger partial charge on any atom is -0.460 e. The van der Waals surface area contributed by atoms with E-state index >= 15 is 0 Å². The molecule has 0 aromatic rings. The summed E-state index contributed by atoms with van der Waals surface area (Å²) in [5.41, 5.74) is -0.420. The quantitative estimate of drug-likeness (QED) is 0.717. The Morgan fingerprint density at radius 1 is 1.33 bits per heavy atom. The second-order valence-electron chi connectivity index (χ2n) is 5.40. The van der Waals surface area contributed by atoms with Crippen LogP contribution in [0.3, 0.4) is 0 Å². The molecule has 88 valence electrons. The number of aliphatic hydroxyl groups is 1. The summed E-state index contributed by atoms with van der Waals surface area (Å²) in [5.74, 6) is -0.0814. The molecule has 1 aliphatic rings. The van der Waals surface area contributed by atoms with Gasteiger partial charge in [0.1, 0.15) is 5.60 Å². The molecular formula is C12H22O3. The van der Waals surface area contributed by atoms with E-state index in [1.807, 2.05) is 20.8 Å². The topological polar surface area (TPSA) is 46.5 Å². The van der Waals surface area contributed by atoms with Gasteiger partial charge in [-0.15, -0.1) is 0 Å². The van der Waals surface area contributed by atoms with Crippen LogP contribution in [0.5, 0.6) is 0 Å². The third kappa shape index (κ3) is 4.65. The van der Waals surface area contributed by atoms with Gasteiger partial charge in [0.15, 0.2) is 0 Å². The highest BCUT2D eigenvalue weighted by Crippen LogP contribution is 2.27. The lowest BCUT2D eigenvalue weighted by Gasteiger charge is -2.28. The monoisotopic (exact) mass is 214 g/mol. The number of carbonyl (C=O) groups excluding carboxylic acids is 1. The summed E-state index contributed by atoms with van der Waals surface area (Å²) in [7, 11) is 0. The second kappa shape index (κ2) is 4.97. The zero-order valence-corrected chi connectivity index (χ0v) is 9.95. The second-order valence-corrected chi connectivity index (χ2v) is 5.40. The van der Waals surface area contributed by atoms with E-state index in [4.69, 9.17) is 4.74 Å². The Labute approximate surface area is 91.8 Å². The zero-order chi connectivity index (χ0) is 11.5. The fourth-order valence-corrected chi connectivity index (χ4v) is 2.02. The van der Waals surface area contributed by atoms with Gasteiger partial charge in [-0.05, 0) is 39.5 Å². The van der Waals surface area contributed by atoms with E-state index in [1.54, 1.807) is 0 Å². The summed E-state index contributed by atoms with van der Waals surface area (Å²) in [6.07, 6.45) is 4.01. The van der Waals surface area contributed by atoms with Gasteiger partial charge < -0.3 is 9.84 Å². The normalized spacial score (nSPS) is 27.5. The van der Waals surface area contributed by atoms with Crippen LogP contribution in [-0.4, -0.2) is 22.8 Å². The molecule has 1 aliphatic carbocycles. The first kappa shape index (κ1) is 12.5. The number of ether oxygens (including phenoxy) is 1. The smallest absolute Gasteiger partial charge is 0.306 e. The largest absolute Gasteiger partial charge is 0.460 e. The van der Waals surface area contributed by atoms with Crippen molar-refractivity contribution in [2.24, 2.45) is 5.92 Å². The summed E-state index contributed by atoms with van der Waals surface area (Å²) in [4.78, 5) is 11.5. The minimum absolute atomic E-state index is 0.105. The van der Waals surface area contributed by atoms with Crippen molar-refractivity contribution in [2.45, 2.75) is 64.6 Å². The van der Waals surface area contributed by atoms with Crippen molar-refractivity contribution < 1.29 is 14.6 Å². The molecule has 1 N–H and O–H groups in total. The van der Waals surface area contributed by atoms with Crippen molar-refractivity contribution in [3.8, 4) is 0 Å². The van der Waals surface area contributed by atoms with Gasteiger partial charge in [-0.1, -0.05) is 12.8 Å². The summed E-state index contributed by atoms with van der Waals surface area (Å²) in [6.45, 7) is 5.59. The molecule has 0 amide bonds. The van der Waals surface area contributed by atoms with E-state index in [0.717, 1.165) is 25.7 Å². The van der Waals surface area contributed by atoms with Crippen molar-refractivity contribution >= 4 is 5.97 Å². The maximum absolute atomic E-state index is 11.5. The number of hydrogen-bond donors (Lipinski definition) is 1. The average molecular weight is 214 g/mol. The van der Waals surface area contributed by atoms with Gasteiger partial charge in [-0.25, -0.2) is 0 Å².